The highest BCUT2D eigenvalue weighted by Crippen LogP contribution is 2.32. The van der Waals surface area contributed by atoms with Crippen molar-refractivity contribution in [2.45, 2.75) is 37.6 Å². The van der Waals surface area contributed by atoms with Crippen LogP contribution in [0.25, 0.3) is 0 Å². The Balaban J connectivity index is 2.33. The molecule has 1 aliphatic carbocycles. The SMILES string of the molecule is CC(C)CN(C1CC1)S(=O)(=O)c1ccnc(N)c1. The van der Waals surface area contributed by atoms with Crippen molar-refractivity contribution in [3.63, 3.8) is 0 Å². The third kappa shape index (κ3) is 2.81. The topological polar surface area (TPSA) is 76.3 Å². The molecular formula is C12H19N3O2S. The number of hydrogen-bond donors (Lipinski definition) is 1. The minimum Gasteiger partial charge on any atom is -0.384 e. The van der Waals surface area contributed by atoms with Crippen molar-refractivity contribution < 1.29 is 8.42 Å². The molecule has 100 valence electrons. The monoisotopic (exact) mass is 269 g/mol. The first kappa shape index (κ1) is 13.3. The molecule has 0 radical (unpaired) electrons. The molecule has 1 saturated carbocycles. The van der Waals surface area contributed by atoms with Gasteiger partial charge >= 0.3 is 0 Å². The molecule has 6 heteroatoms. The second-order valence-corrected chi connectivity index (χ2v) is 7.01. The normalized spacial score (nSPS) is 16.4. The van der Waals surface area contributed by atoms with Crippen LogP contribution in [0.5, 0.6) is 0 Å². The van der Waals surface area contributed by atoms with E-state index in [0.29, 0.717) is 12.5 Å². The first-order chi connectivity index (χ1) is 8.41. The smallest absolute Gasteiger partial charge is 0.243 e. The molecule has 0 amide bonds. The van der Waals surface area contributed by atoms with Crippen LogP contribution in [0.15, 0.2) is 23.2 Å². The Hall–Kier alpha value is -1.14. The lowest BCUT2D eigenvalue weighted by atomic mass is 10.2. The second kappa shape index (κ2) is 4.85. The molecule has 0 aromatic carbocycles. The quantitative estimate of drug-likeness (QED) is 0.878. The summed E-state index contributed by atoms with van der Waals surface area (Å²) < 4.78 is 26.7. The van der Waals surface area contributed by atoms with Gasteiger partial charge in [-0.05, 0) is 24.8 Å². The molecule has 1 aromatic rings. The van der Waals surface area contributed by atoms with Gasteiger partial charge in [-0.2, -0.15) is 4.31 Å². The number of nitrogens with zero attached hydrogens (tertiary/aromatic N) is 2. The van der Waals surface area contributed by atoms with Crippen LogP contribution < -0.4 is 5.73 Å². The fourth-order valence-corrected chi connectivity index (χ4v) is 3.76. The predicted octanol–water partition coefficient (Wildman–Crippen LogP) is 1.47. The standard InChI is InChI=1S/C12H19N3O2S/c1-9(2)8-15(10-3-4-10)18(16,17)11-5-6-14-12(13)7-11/h5-7,9-10H,3-4,8H2,1-2H3,(H2,13,14). The maximum Gasteiger partial charge on any atom is 0.243 e. The third-order valence-electron chi connectivity index (χ3n) is 2.86. The summed E-state index contributed by atoms with van der Waals surface area (Å²) in [6.07, 6.45) is 3.34. The van der Waals surface area contributed by atoms with E-state index in [1.165, 1.54) is 18.3 Å². The van der Waals surface area contributed by atoms with E-state index in [4.69, 9.17) is 5.73 Å². The molecule has 0 saturated heterocycles. The maximum absolute atomic E-state index is 12.5. The van der Waals surface area contributed by atoms with Gasteiger partial charge in [0.05, 0.1) is 4.90 Å². The summed E-state index contributed by atoms with van der Waals surface area (Å²) in [6, 6.07) is 3.08. The average Bonchev–Trinajstić information content (AvgIpc) is 3.09. The predicted molar refractivity (Wildman–Crippen MR) is 70.4 cm³/mol. The summed E-state index contributed by atoms with van der Waals surface area (Å²) in [7, 11) is -3.44. The van der Waals surface area contributed by atoms with Crippen LogP contribution in [0.1, 0.15) is 26.7 Å². The zero-order valence-corrected chi connectivity index (χ0v) is 11.5. The number of aromatic nitrogens is 1. The van der Waals surface area contributed by atoms with E-state index in [1.807, 2.05) is 13.8 Å². The van der Waals surface area contributed by atoms with E-state index in [1.54, 1.807) is 4.31 Å². The van der Waals surface area contributed by atoms with Gasteiger partial charge in [0.25, 0.3) is 0 Å². The van der Waals surface area contributed by atoms with Gasteiger partial charge in [0, 0.05) is 24.8 Å². The Labute approximate surface area is 108 Å². The van der Waals surface area contributed by atoms with E-state index in [2.05, 4.69) is 4.98 Å². The van der Waals surface area contributed by atoms with Gasteiger partial charge in [-0.1, -0.05) is 13.8 Å². The minimum atomic E-state index is -3.44. The van der Waals surface area contributed by atoms with E-state index in [0.717, 1.165) is 12.8 Å². The van der Waals surface area contributed by atoms with E-state index < -0.39 is 10.0 Å². The number of sulfonamides is 1. The number of hydrogen-bond acceptors (Lipinski definition) is 4. The molecule has 2 rings (SSSR count). The molecule has 1 heterocycles. The van der Waals surface area contributed by atoms with E-state index in [9.17, 15) is 8.42 Å². The van der Waals surface area contributed by atoms with Crippen molar-refractivity contribution in [1.82, 2.24) is 9.29 Å². The van der Waals surface area contributed by atoms with E-state index >= 15 is 0 Å². The van der Waals surface area contributed by atoms with Gasteiger partial charge in [0.15, 0.2) is 0 Å². The molecule has 1 aliphatic rings. The molecule has 0 spiro atoms. The Bertz CT molecular complexity index is 524. The van der Waals surface area contributed by atoms with Crippen molar-refractivity contribution in [1.29, 1.82) is 0 Å². The van der Waals surface area contributed by atoms with Crippen molar-refractivity contribution >= 4 is 15.8 Å². The first-order valence-corrected chi connectivity index (χ1v) is 7.58. The van der Waals surface area contributed by atoms with Crippen LogP contribution in [0, 0.1) is 5.92 Å². The van der Waals surface area contributed by atoms with Gasteiger partial charge < -0.3 is 5.73 Å². The van der Waals surface area contributed by atoms with Crippen LogP contribution in [-0.2, 0) is 10.0 Å². The van der Waals surface area contributed by atoms with E-state index in [-0.39, 0.29) is 16.8 Å². The molecule has 1 aromatic heterocycles. The Morgan fingerprint density at radius 1 is 1.50 bits per heavy atom. The maximum atomic E-state index is 12.5. The van der Waals surface area contributed by atoms with Crippen molar-refractivity contribution in [2.24, 2.45) is 5.92 Å². The summed E-state index contributed by atoms with van der Waals surface area (Å²) in [5.41, 5.74) is 5.55. The van der Waals surface area contributed by atoms with Crippen LogP contribution >= 0.6 is 0 Å². The molecule has 0 unspecified atom stereocenters. The van der Waals surface area contributed by atoms with Crippen LogP contribution in [0.4, 0.5) is 5.82 Å². The highest BCUT2D eigenvalue weighted by molar-refractivity contribution is 7.89. The lowest BCUT2D eigenvalue weighted by Gasteiger charge is -2.23. The van der Waals surface area contributed by atoms with Gasteiger partial charge in [-0.25, -0.2) is 13.4 Å². The summed E-state index contributed by atoms with van der Waals surface area (Å²) in [5.74, 6) is 0.538. The van der Waals surface area contributed by atoms with Crippen molar-refractivity contribution in [3.8, 4) is 0 Å². The average molecular weight is 269 g/mol. The molecule has 18 heavy (non-hydrogen) atoms. The number of anilines is 1. The second-order valence-electron chi connectivity index (χ2n) is 5.12. The zero-order valence-electron chi connectivity index (χ0n) is 10.7. The summed E-state index contributed by atoms with van der Waals surface area (Å²) in [5, 5.41) is 0. The molecule has 0 bridgehead atoms. The molecule has 2 N–H and O–H groups in total. The Kier molecular flexibility index (Phi) is 3.59. The molecule has 5 nitrogen and oxygen atoms in total. The van der Waals surface area contributed by atoms with Gasteiger partial charge in [0.1, 0.15) is 5.82 Å². The number of rotatable bonds is 5. The fourth-order valence-electron chi connectivity index (χ4n) is 1.89. The largest absolute Gasteiger partial charge is 0.384 e. The molecule has 0 atom stereocenters. The Morgan fingerprint density at radius 3 is 2.67 bits per heavy atom. The van der Waals surface area contributed by atoms with Crippen molar-refractivity contribution in [2.75, 3.05) is 12.3 Å². The lowest BCUT2D eigenvalue weighted by molar-refractivity contribution is 0.360. The molecular weight excluding hydrogens is 250 g/mol. The summed E-state index contributed by atoms with van der Waals surface area (Å²) in [4.78, 5) is 4.07. The van der Waals surface area contributed by atoms with Gasteiger partial charge in [-0.15, -0.1) is 0 Å². The number of nitrogen functional groups attached to an aromatic ring is 1. The lowest BCUT2D eigenvalue weighted by Crippen LogP contribution is -2.36. The van der Waals surface area contributed by atoms with Gasteiger partial charge in [-0.3, -0.25) is 0 Å². The van der Waals surface area contributed by atoms with Crippen molar-refractivity contribution in [3.05, 3.63) is 18.3 Å². The third-order valence-corrected chi connectivity index (χ3v) is 4.77. The van der Waals surface area contributed by atoms with Crippen LogP contribution in [-0.4, -0.2) is 30.3 Å². The first-order valence-electron chi connectivity index (χ1n) is 6.14. The molecule has 1 fully saturated rings. The van der Waals surface area contributed by atoms with Gasteiger partial charge in [0.2, 0.25) is 10.0 Å². The number of nitrogens with two attached hydrogens (primary N) is 1. The number of pyridine rings is 1. The fraction of sp³-hybridized carbons (Fsp3) is 0.583. The molecule has 0 aliphatic heterocycles. The minimum absolute atomic E-state index is 0.159. The highest BCUT2D eigenvalue weighted by atomic mass is 32.2. The highest BCUT2D eigenvalue weighted by Gasteiger charge is 2.38. The summed E-state index contributed by atoms with van der Waals surface area (Å²) in [6.45, 7) is 4.59. The summed E-state index contributed by atoms with van der Waals surface area (Å²) >= 11 is 0. The zero-order chi connectivity index (χ0) is 13.3. The Morgan fingerprint density at radius 2 is 2.17 bits per heavy atom. The van der Waals surface area contributed by atoms with Crippen LogP contribution in [0.3, 0.4) is 0 Å². The van der Waals surface area contributed by atoms with Crippen LogP contribution in [0.2, 0.25) is 0 Å².